The van der Waals surface area contributed by atoms with E-state index in [4.69, 9.17) is 11.6 Å². The third-order valence-corrected chi connectivity index (χ3v) is 5.39. The topological polar surface area (TPSA) is 26.8 Å². The number of carbonyl (C=O) groups excluding carboxylic acids is 1. The van der Waals surface area contributed by atoms with Crippen molar-refractivity contribution in [1.82, 2.24) is 14.7 Å². The summed E-state index contributed by atoms with van der Waals surface area (Å²) in [5.41, 5.74) is 0.731. The van der Waals surface area contributed by atoms with Gasteiger partial charge in [0.05, 0.1) is 0 Å². The molecule has 1 amide bonds. The van der Waals surface area contributed by atoms with E-state index in [-0.39, 0.29) is 5.91 Å². The Balaban J connectivity index is 1.50. The number of nitrogens with zero attached hydrogens (tertiary/aromatic N) is 3. The van der Waals surface area contributed by atoms with Crippen molar-refractivity contribution in [2.75, 3.05) is 46.3 Å². The van der Waals surface area contributed by atoms with Crippen molar-refractivity contribution in [2.45, 2.75) is 25.3 Å². The normalized spacial score (nSPS) is 23.9. The Kier molecular flexibility index (Phi) is 5.57. The predicted molar refractivity (Wildman–Crippen MR) is 94.1 cm³/mol. The molecule has 2 aliphatic heterocycles. The highest BCUT2D eigenvalue weighted by Gasteiger charge is 2.26. The van der Waals surface area contributed by atoms with Crippen LogP contribution in [-0.2, 0) is 0 Å². The van der Waals surface area contributed by atoms with Crippen LogP contribution in [0.15, 0.2) is 24.3 Å². The molecule has 126 valence electrons. The molecule has 0 unspecified atom stereocenters. The van der Waals surface area contributed by atoms with Gasteiger partial charge in [0, 0.05) is 49.4 Å². The first-order valence-electron chi connectivity index (χ1n) is 8.61. The number of benzene rings is 1. The van der Waals surface area contributed by atoms with Crippen LogP contribution < -0.4 is 0 Å². The Labute approximate surface area is 144 Å². The fourth-order valence-electron chi connectivity index (χ4n) is 3.58. The number of hydrogen-bond acceptors (Lipinski definition) is 3. The number of rotatable bonds is 3. The summed E-state index contributed by atoms with van der Waals surface area (Å²) in [6, 6.07) is 7.87. The third kappa shape index (κ3) is 4.25. The van der Waals surface area contributed by atoms with Gasteiger partial charge < -0.3 is 9.80 Å². The van der Waals surface area contributed by atoms with Gasteiger partial charge in [-0.05, 0) is 50.7 Å². The zero-order chi connectivity index (χ0) is 16.2. The maximum Gasteiger partial charge on any atom is 0.253 e. The van der Waals surface area contributed by atoms with Crippen molar-refractivity contribution >= 4 is 17.5 Å². The lowest BCUT2D eigenvalue weighted by atomic mass is 10.0. The first-order chi connectivity index (χ1) is 11.1. The van der Waals surface area contributed by atoms with Gasteiger partial charge in [-0.3, -0.25) is 9.69 Å². The monoisotopic (exact) mass is 335 g/mol. The summed E-state index contributed by atoms with van der Waals surface area (Å²) >= 11 is 5.89. The second kappa shape index (κ2) is 7.65. The van der Waals surface area contributed by atoms with Crippen LogP contribution in [0.3, 0.4) is 0 Å². The van der Waals surface area contributed by atoms with Gasteiger partial charge in [0.2, 0.25) is 0 Å². The summed E-state index contributed by atoms with van der Waals surface area (Å²) in [7, 11) is 2.24. The molecule has 23 heavy (non-hydrogen) atoms. The van der Waals surface area contributed by atoms with Crippen LogP contribution in [0.1, 0.15) is 29.6 Å². The van der Waals surface area contributed by atoms with Crippen LogP contribution in [0.5, 0.6) is 0 Å². The Hall–Kier alpha value is -1.10. The highest BCUT2D eigenvalue weighted by atomic mass is 35.5. The van der Waals surface area contributed by atoms with Crippen molar-refractivity contribution < 1.29 is 4.79 Å². The van der Waals surface area contributed by atoms with Crippen LogP contribution in [0.4, 0.5) is 0 Å². The zero-order valence-corrected chi connectivity index (χ0v) is 14.6. The number of hydrogen-bond donors (Lipinski definition) is 0. The van der Waals surface area contributed by atoms with Gasteiger partial charge in [0.25, 0.3) is 5.91 Å². The van der Waals surface area contributed by atoms with Crippen LogP contribution in [0, 0.1) is 0 Å². The van der Waals surface area contributed by atoms with Crippen molar-refractivity contribution in [2.24, 2.45) is 0 Å². The van der Waals surface area contributed by atoms with Crippen molar-refractivity contribution in [3.8, 4) is 0 Å². The van der Waals surface area contributed by atoms with Gasteiger partial charge in [0.15, 0.2) is 0 Å². The van der Waals surface area contributed by atoms with Crippen LogP contribution >= 0.6 is 11.6 Å². The predicted octanol–water partition coefficient (Wildman–Crippen LogP) is 2.58. The molecule has 2 heterocycles. The van der Waals surface area contributed by atoms with E-state index in [9.17, 15) is 4.79 Å². The van der Waals surface area contributed by atoms with E-state index in [0.29, 0.717) is 11.1 Å². The number of piperidine rings is 1. The number of halogens is 1. The van der Waals surface area contributed by atoms with E-state index < -0.39 is 0 Å². The van der Waals surface area contributed by atoms with Crippen LogP contribution in [0.25, 0.3) is 0 Å². The van der Waals surface area contributed by atoms with Crippen LogP contribution in [-0.4, -0.2) is 73.0 Å². The van der Waals surface area contributed by atoms with E-state index in [1.54, 1.807) is 12.1 Å². The highest BCUT2D eigenvalue weighted by Crippen LogP contribution is 2.18. The second-order valence-corrected chi connectivity index (χ2v) is 7.17. The third-order valence-electron chi connectivity index (χ3n) is 5.14. The van der Waals surface area contributed by atoms with E-state index in [2.05, 4.69) is 16.8 Å². The smallest absolute Gasteiger partial charge is 0.253 e. The Morgan fingerprint density at radius 1 is 1.09 bits per heavy atom. The summed E-state index contributed by atoms with van der Waals surface area (Å²) < 4.78 is 0. The molecule has 2 fully saturated rings. The van der Waals surface area contributed by atoms with E-state index in [1.165, 1.54) is 25.8 Å². The fourth-order valence-corrected chi connectivity index (χ4v) is 3.71. The average Bonchev–Trinajstić information content (AvgIpc) is 2.58. The number of piperazine rings is 1. The summed E-state index contributed by atoms with van der Waals surface area (Å²) in [5, 5.41) is 0.669. The Bertz CT molecular complexity index is 526. The van der Waals surface area contributed by atoms with Gasteiger partial charge in [0.1, 0.15) is 0 Å². The standard InChI is InChI=1S/C18H26ClN3O/c1-20-9-3-2-4-17(20)14-21-10-12-22(13-11-21)18(23)15-5-7-16(19)8-6-15/h5-8,17H,2-4,9-14H2,1H3/t17-/m0/s1. The quantitative estimate of drug-likeness (QED) is 0.849. The molecular weight excluding hydrogens is 310 g/mol. The number of amides is 1. The van der Waals surface area contributed by atoms with E-state index in [1.807, 2.05) is 17.0 Å². The minimum atomic E-state index is 0.121. The molecular formula is C18H26ClN3O. The average molecular weight is 336 g/mol. The molecule has 2 aliphatic rings. The molecule has 2 saturated heterocycles. The van der Waals surface area contributed by atoms with Crippen LogP contribution in [0.2, 0.25) is 5.02 Å². The molecule has 1 atom stereocenters. The molecule has 1 aromatic rings. The molecule has 0 aliphatic carbocycles. The van der Waals surface area contributed by atoms with Gasteiger partial charge in [-0.15, -0.1) is 0 Å². The van der Waals surface area contributed by atoms with Gasteiger partial charge in [-0.1, -0.05) is 18.0 Å². The van der Waals surface area contributed by atoms with Crippen molar-refractivity contribution in [3.63, 3.8) is 0 Å². The molecule has 0 N–H and O–H groups in total. The number of carbonyl (C=O) groups is 1. The van der Waals surface area contributed by atoms with Gasteiger partial charge >= 0.3 is 0 Å². The van der Waals surface area contributed by atoms with E-state index in [0.717, 1.165) is 38.3 Å². The SMILES string of the molecule is CN1CCCC[C@H]1CN1CCN(C(=O)c2ccc(Cl)cc2)CC1. The Morgan fingerprint density at radius 2 is 1.78 bits per heavy atom. The van der Waals surface area contributed by atoms with Crippen molar-refractivity contribution in [3.05, 3.63) is 34.9 Å². The maximum absolute atomic E-state index is 12.5. The molecule has 5 heteroatoms. The zero-order valence-electron chi connectivity index (χ0n) is 13.9. The lowest BCUT2D eigenvalue weighted by Gasteiger charge is -2.40. The van der Waals surface area contributed by atoms with Gasteiger partial charge in [-0.25, -0.2) is 0 Å². The first-order valence-corrected chi connectivity index (χ1v) is 8.99. The van der Waals surface area contributed by atoms with E-state index >= 15 is 0 Å². The first kappa shape index (κ1) is 16.7. The van der Waals surface area contributed by atoms with Crippen molar-refractivity contribution in [1.29, 1.82) is 0 Å². The van der Waals surface area contributed by atoms with Gasteiger partial charge in [-0.2, -0.15) is 0 Å². The minimum Gasteiger partial charge on any atom is -0.336 e. The maximum atomic E-state index is 12.5. The lowest BCUT2D eigenvalue weighted by Crippen LogP contribution is -2.53. The molecule has 0 radical (unpaired) electrons. The summed E-state index contributed by atoms with van der Waals surface area (Å²) in [6.07, 6.45) is 3.99. The minimum absolute atomic E-state index is 0.121. The lowest BCUT2D eigenvalue weighted by molar-refractivity contribution is 0.0565. The second-order valence-electron chi connectivity index (χ2n) is 6.73. The number of likely N-dealkylation sites (tertiary alicyclic amines) is 1. The molecule has 3 rings (SSSR count). The summed E-state index contributed by atoms with van der Waals surface area (Å²) in [4.78, 5) is 19.5. The highest BCUT2D eigenvalue weighted by molar-refractivity contribution is 6.30. The molecule has 0 aromatic heterocycles. The molecule has 1 aromatic carbocycles. The largest absolute Gasteiger partial charge is 0.336 e. The fraction of sp³-hybridized carbons (Fsp3) is 0.611. The number of likely N-dealkylation sites (N-methyl/N-ethyl adjacent to an activating group) is 1. The molecule has 0 bridgehead atoms. The Morgan fingerprint density at radius 3 is 2.43 bits per heavy atom. The summed E-state index contributed by atoms with van der Waals surface area (Å²) in [6.45, 7) is 5.95. The molecule has 4 nitrogen and oxygen atoms in total. The molecule has 0 spiro atoms. The summed E-state index contributed by atoms with van der Waals surface area (Å²) in [5.74, 6) is 0.121. The molecule has 0 saturated carbocycles.